The molecule has 0 radical (unpaired) electrons. The number of benzene rings is 2. The van der Waals surface area contributed by atoms with Crippen molar-refractivity contribution in [3.63, 3.8) is 0 Å². The van der Waals surface area contributed by atoms with Crippen LogP contribution in [0.4, 0.5) is 22.0 Å². The third kappa shape index (κ3) is 3.81. The van der Waals surface area contributed by atoms with Crippen molar-refractivity contribution in [1.82, 2.24) is 4.57 Å². The Balaban J connectivity index is 2.39. The summed E-state index contributed by atoms with van der Waals surface area (Å²) in [4.78, 5) is 12.8. The van der Waals surface area contributed by atoms with Crippen molar-refractivity contribution in [2.24, 2.45) is 0 Å². The van der Waals surface area contributed by atoms with E-state index in [1.807, 2.05) is 0 Å². The van der Waals surface area contributed by atoms with Gasteiger partial charge in [-0.05, 0) is 18.2 Å². The summed E-state index contributed by atoms with van der Waals surface area (Å²) >= 11 is 0. The van der Waals surface area contributed by atoms with E-state index in [-0.39, 0.29) is 22.4 Å². The fraction of sp³-hybridized carbons (Fsp3) is 0.0909. The van der Waals surface area contributed by atoms with Gasteiger partial charge in [0.2, 0.25) is 0 Å². The van der Waals surface area contributed by atoms with Crippen LogP contribution in [0.3, 0.4) is 0 Å². The van der Waals surface area contributed by atoms with Gasteiger partial charge in [-0.25, -0.2) is 8.78 Å². The van der Waals surface area contributed by atoms with Gasteiger partial charge in [0.15, 0.2) is 0 Å². The minimum absolute atomic E-state index is 0.120. The highest BCUT2D eigenvalue weighted by Gasteiger charge is 2.36. The van der Waals surface area contributed by atoms with Crippen LogP contribution >= 0.6 is 0 Å². The van der Waals surface area contributed by atoms with Crippen LogP contribution in [-0.2, 0) is 12.7 Å². The third-order valence-corrected chi connectivity index (χ3v) is 4.42. The number of hydrogen-bond acceptors (Lipinski definition) is 2. The Kier molecular flexibility index (Phi) is 5.44. The number of pyridine rings is 1. The fourth-order valence-corrected chi connectivity index (χ4v) is 3.01. The van der Waals surface area contributed by atoms with Gasteiger partial charge in [-0.15, -0.1) is 6.42 Å². The van der Waals surface area contributed by atoms with E-state index in [2.05, 4.69) is 5.92 Å². The van der Waals surface area contributed by atoms with Gasteiger partial charge in [-0.1, -0.05) is 30.2 Å². The molecule has 0 fully saturated rings. The number of terminal acetylenes is 1. The lowest BCUT2D eigenvalue weighted by Crippen LogP contribution is -2.29. The lowest BCUT2D eigenvalue weighted by Gasteiger charge is -2.18. The molecule has 0 spiro atoms. The molecular formula is C22H11F5N2O. The first kappa shape index (κ1) is 20.8. The molecule has 2 aromatic carbocycles. The topological polar surface area (TPSA) is 45.8 Å². The van der Waals surface area contributed by atoms with E-state index in [0.717, 1.165) is 16.7 Å². The van der Waals surface area contributed by atoms with Crippen molar-refractivity contribution in [3.8, 4) is 29.7 Å². The van der Waals surface area contributed by atoms with E-state index < -0.39 is 41.0 Å². The van der Waals surface area contributed by atoms with Gasteiger partial charge in [0, 0.05) is 22.8 Å². The molecule has 0 N–H and O–H groups in total. The second kappa shape index (κ2) is 7.84. The lowest BCUT2D eigenvalue weighted by atomic mass is 10.00. The number of halogens is 5. The van der Waals surface area contributed by atoms with Crippen LogP contribution < -0.4 is 5.56 Å². The summed E-state index contributed by atoms with van der Waals surface area (Å²) in [5, 5.41) is 9.19. The second-order valence-corrected chi connectivity index (χ2v) is 6.24. The summed E-state index contributed by atoms with van der Waals surface area (Å²) < 4.78 is 68.8. The van der Waals surface area contributed by atoms with E-state index in [4.69, 9.17) is 6.42 Å². The molecule has 0 atom stereocenters. The molecule has 1 heterocycles. The monoisotopic (exact) mass is 414 g/mol. The van der Waals surface area contributed by atoms with E-state index in [1.54, 1.807) is 6.07 Å². The van der Waals surface area contributed by atoms with E-state index in [9.17, 15) is 32.0 Å². The maximum atomic E-state index is 14.2. The molecule has 1 aromatic heterocycles. The lowest BCUT2D eigenvalue weighted by molar-refractivity contribution is -0.137. The minimum atomic E-state index is -4.98. The fourth-order valence-electron chi connectivity index (χ4n) is 3.01. The van der Waals surface area contributed by atoms with Crippen molar-refractivity contribution >= 4 is 0 Å². The predicted octanol–water partition coefficient (Wildman–Crippen LogP) is 4.71. The SMILES string of the molecule is C#Cc1ccccc1-c1cc(C(F)(F)F)c(C#N)c(=O)n1Cc1ccc(F)cc1F. The Morgan fingerprint density at radius 2 is 1.77 bits per heavy atom. The maximum absolute atomic E-state index is 14.2. The van der Waals surface area contributed by atoms with Crippen LogP contribution in [-0.4, -0.2) is 4.57 Å². The first-order chi connectivity index (χ1) is 14.2. The average molecular weight is 414 g/mol. The molecule has 0 aliphatic heterocycles. The normalized spacial score (nSPS) is 11.0. The highest BCUT2D eigenvalue weighted by molar-refractivity contribution is 5.70. The predicted molar refractivity (Wildman–Crippen MR) is 99.3 cm³/mol. The zero-order chi connectivity index (χ0) is 22.1. The molecule has 0 bridgehead atoms. The highest BCUT2D eigenvalue weighted by atomic mass is 19.4. The second-order valence-electron chi connectivity index (χ2n) is 6.24. The average Bonchev–Trinajstić information content (AvgIpc) is 2.70. The number of nitrogens with zero attached hydrogens (tertiary/aromatic N) is 2. The van der Waals surface area contributed by atoms with Gasteiger partial charge in [0.1, 0.15) is 23.3 Å². The Bertz CT molecular complexity index is 1280. The molecule has 3 aromatic rings. The molecule has 0 aliphatic carbocycles. The smallest absolute Gasteiger partial charge is 0.303 e. The Morgan fingerprint density at radius 1 is 1.07 bits per heavy atom. The number of aromatic nitrogens is 1. The number of alkyl halides is 3. The van der Waals surface area contributed by atoms with E-state index >= 15 is 0 Å². The van der Waals surface area contributed by atoms with Gasteiger partial charge in [-0.2, -0.15) is 18.4 Å². The first-order valence-electron chi connectivity index (χ1n) is 8.42. The van der Waals surface area contributed by atoms with Crippen LogP contribution in [0.15, 0.2) is 53.3 Å². The number of rotatable bonds is 3. The van der Waals surface area contributed by atoms with Crippen molar-refractivity contribution in [2.45, 2.75) is 12.7 Å². The van der Waals surface area contributed by atoms with E-state index in [1.165, 1.54) is 24.3 Å². The van der Waals surface area contributed by atoms with Crippen LogP contribution in [0, 0.1) is 35.3 Å². The Morgan fingerprint density at radius 3 is 2.37 bits per heavy atom. The molecule has 8 heteroatoms. The molecule has 150 valence electrons. The zero-order valence-corrected chi connectivity index (χ0v) is 15.1. The van der Waals surface area contributed by atoms with Crippen LogP contribution in [0.1, 0.15) is 22.3 Å². The van der Waals surface area contributed by atoms with Crippen molar-refractivity contribution in [3.05, 3.63) is 92.8 Å². The summed E-state index contributed by atoms with van der Waals surface area (Å²) in [5.74, 6) is 0.481. The molecule has 0 saturated carbocycles. The quantitative estimate of drug-likeness (QED) is 0.460. The van der Waals surface area contributed by atoms with Crippen molar-refractivity contribution in [1.29, 1.82) is 5.26 Å². The Hall–Kier alpha value is -3.91. The highest BCUT2D eigenvalue weighted by Crippen LogP contribution is 2.34. The van der Waals surface area contributed by atoms with Crippen molar-refractivity contribution < 1.29 is 22.0 Å². The standard InChI is InChI=1S/C22H11F5N2O/c1-2-13-5-3-4-6-16(13)20-10-18(22(25,26)27)17(11-28)21(30)29(20)12-14-7-8-15(23)9-19(14)24/h1,3-10H,12H2. The van der Waals surface area contributed by atoms with Crippen LogP contribution in [0.2, 0.25) is 0 Å². The van der Waals surface area contributed by atoms with Crippen molar-refractivity contribution in [2.75, 3.05) is 0 Å². The summed E-state index contributed by atoms with van der Waals surface area (Å²) in [6, 6.07) is 10.5. The van der Waals surface area contributed by atoms with Gasteiger partial charge in [0.05, 0.1) is 17.8 Å². The summed E-state index contributed by atoms with van der Waals surface area (Å²) in [7, 11) is 0. The molecule has 0 aliphatic rings. The largest absolute Gasteiger partial charge is 0.417 e. The molecule has 0 saturated heterocycles. The maximum Gasteiger partial charge on any atom is 0.417 e. The van der Waals surface area contributed by atoms with Gasteiger partial charge < -0.3 is 4.57 Å². The summed E-state index contributed by atoms with van der Waals surface area (Å²) in [6.45, 7) is -0.536. The Labute approximate surface area is 167 Å². The minimum Gasteiger partial charge on any atom is -0.303 e. The van der Waals surface area contributed by atoms with Gasteiger partial charge >= 0.3 is 6.18 Å². The summed E-state index contributed by atoms with van der Waals surface area (Å²) in [6.07, 6.45) is 0.454. The third-order valence-electron chi connectivity index (χ3n) is 4.42. The van der Waals surface area contributed by atoms with Crippen LogP contribution in [0.25, 0.3) is 11.3 Å². The van der Waals surface area contributed by atoms with Crippen LogP contribution in [0.5, 0.6) is 0 Å². The summed E-state index contributed by atoms with van der Waals surface area (Å²) in [5.41, 5.74) is -3.90. The number of hydrogen-bond donors (Lipinski definition) is 0. The molecule has 0 amide bonds. The van der Waals surface area contributed by atoms with Gasteiger partial charge in [0.25, 0.3) is 5.56 Å². The molecule has 30 heavy (non-hydrogen) atoms. The van der Waals surface area contributed by atoms with E-state index in [0.29, 0.717) is 12.1 Å². The molecule has 3 nitrogen and oxygen atoms in total. The zero-order valence-electron chi connectivity index (χ0n) is 15.1. The molecule has 3 rings (SSSR count). The molecular weight excluding hydrogens is 403 g/mol. The molecule has 0 unspecified atom stereocenters. The number of nitriles is 1. The first-order valence-corrected chi connectivity index (χ1v) is 8.42. The van der Waals surface area contributed by atoms with Gasteiger partial charge in [-0.3, -0.25) is 4.79 Å².